The van der Waals surface area contributed by atoms with Crippen molar-refractivity contribution >= 4 is 29.2 Å². The van der Waals surface area contributed by atoms with Crippen molar-refractivity contribution in [1.29, 1.82) is 0 Å². The average molecular weight is 218 g/mol. The van der Waals surface area contributed by atoms with E-state index in [2.05, 4.69) is 7.80 Å². The Balaban J connectivity index is 2.82. The largest absolute Gasteiger partial charge is 0.507 e. The lowest BCUT2D eigenvalue weighted by molar-refractivity contribution is 0.0446. The van der Waals surface area contributed by atoms with Crippen LogP contribution in [0.4, 0.5) is 4.79 Å². The maximum Gasteiger partial charge on any atom is 0.507 e. The fourth-order valence-electron chi connectivity index (χ4n) is 0.0727. The van der Waals surface area contributed by atoms with Gasteiger partial charge in [-0.2, -0.15) is 0 Å². The fourth-order valence-corrected chi connectivity index (χ4v) is 0.200. The average Bonchev–Trinajstić information content (AvgIpc) is 1.61. The summed E-state index contributed by atoms with van der Waals surface area (Å²) in [5.74, 6) is 0. The Bertz CT molecular complexity index is 62.7. The van der Waals surface area contributed by atoms with E-state index in [0.717, 1.165) is 0 Å². The minimum absolute atomic E-state index is 0.212. The summed E-state index contributed by atoms with van der Waals surface area (Å²) in [6, 6.07) is 0. The van der Waals surface area contributed by atoms with Gasteiger partial charge in [-0.05, 0) is 0 Å². The number of carboxylic acid groups (broad SMARTS) is 1. The molecule has 0 aromatic heterocycles. The van der Waals surface area contributed by atoms with Crippen molar-refractivity contribution in [3.63, 3.8) is 0 Å². The van der Waals surface area contributed by atoms with Gasteiger partial charge in [0.1, 0.15) is 23.0 Å². The molecule has 0 saturated heterocycles. The van der Waals surface area contributed by atoms with Crippen LogP contribution in [-0.4, -0.2) is 18.1 Å². The minimum Gasteiger partial charge on any atom is -0.450 e. The van der Waals surface area contributed by atoms with E-state index in [9.17, 15) is 4.79 Å². The van der Waals surface area contributed by atoms with Crippen LogP contribution in [0.3, 0.4) is 0 Å². The van der Waals surface area contributed by atoms with Crippen LogP contribution >= 0.6 is 23.0 Å². The molecule has 7 heavy (non-hydrogen) atoms. The second-order valence-corrected chi connectivity index (χ2v) is 1.26. The third kappa shape index (κ3) is 5.96. The molecule has 0 atom stereocenters. The van der Waals surface area contributed by atoms with E-state index >= 15 is 0 Å². The van der Waals surface area contributed by atoms with Crippen molar-refractivity contribution in [2.45, 2.75) is 0 Å². The lowest BCUT2D eigenvalue weighted by atomic mass is 11.3. The van der Waals surface area contributed by atoms with Crippen molar-refractivity contribution in [1.82, 2.24) is 0 Å². The summed E-state index contributed by atoms with van der Waals surface area (Å²) in [7, 11) is 0. The zero-order chi connectivity index (χ0) is 5.70. The minimum atomic E-state index is -1.32. The highest BCUT2D eigenvalue weighted by Gasteiger charge is 1.90. The van der Waals surface area contributed by atoms with Gasteiger partial charge in [0.2, 0.25) is 6.79 Å². The van der Waals surface area contributed by atoms with Gasteiger partial charge >= 0.3 is 6.16 Å². The molecule has 42 valence electrons. The second-order valence-electron chi connectivity index (χ2n) is 0.637. The molecule has 0 aliphatic carbocycles. The molecule has 5 heteroatoms. The smallest absolute Gasteiger partial charge is 0.450 e. The number of hydrogen-bond acceptors (Lipinski definition) is 3. The van der Waals surface area contributed by atoms with E-state index in [4.69, 9.17) is 5.11 Å². The SMILES string of the molecule is O=C(O)OCOI. The number of carbonyl (C=O) groups is 1. The molecule has 0 unspecified atom stereocenters. The topological polar surface area (TPSA) is 55.8 Å². The summed E-state index contributed by atoms with van der Waals surface area (Å²) in [6.07, 6.45) is -1.32. The van der Waals surface area contributed by atoms with Crippen LogP contribution in [0.2, 0.25) is 0 Å². The lowest BCUT2D eigenvalue weighted by Crippen LogP contribution is -2.00. The summed E-state index contributed by atoms with van der Waals surface area (Å²) in [4.78, 5) is 9.45. The molecule has 0 heterocycles. The molecule has 0 spiro atoms. The fraction of sp³-hybridized carbons (Fsp3) is 0.500. The Hall–Kier alpha value is -0.0400. The van der Waals surface area contributed by atoms with Crippen molar-refractivity contribution in [2.75, 3.05) is 6.79 Å². The summed E-state index contributed by atoms with van der Waals surface area (Å²) >= 11 is 1.53. The van der Waals surface area contributed by atoms with E-state index in [1.54, 1.807) is 0 Å². The van der Waals surface area contributed by atoms with Crippen LogP contribution in [0.15, 0.2) is 0 Å². The van der Waals surface area contributed by atoms with Crippen LogP contribution in [0.5, 0.6) is 0 Å². The number of ether oxygens (including phenoxy) is 1. The van der Waals surface area contributed by atoms with Crippen molar-refractivity contribution in [2.24, 2.45) is 0 Å². The Morgan fingerprint density at radius 3 is 2.57 bits per heavy atom. The van der Waals surface area contributed by atoms with Gasteiger partial charge in [0, 0.05) is 0 Å². The molecule has 0 aliphatic heterocycles. The summed E-state index contributed by atoms with van der Waals surface area (Å²) in [6.45, 7) is -0.212. The monoisotopic (exact) mass is 218 g/mol. The van der Waals surface area contributed by atoms with Crippen LogP contribution in [0, 0.1) is 0 Å². The third-order valence-corrected chi connectivity index (χ3v) is 0.481. The Morgan fingerprint density at radius 2 is 2.43 bits per heavy atom. The Kier molecular flexibility index (Phi) is 4.10. The molecule has 0 radical (unpaired) electrons. The van der Waals surface area contributed by atoms with Crippen LogP contribution in [0.1, 0.15) is 0 Å². The highest BCUT2D eigenvalue weighted by atomic mass is 127. The van der Waals surface area contributed by atoms with Crippen LogP contribution in [-0.2, 0) is 7.80 Å². The molecular formula is C2H3IO4. The molecule has 1 N–H and O–H groups in total. The predicted octanol–water partition coefficient (Wildman–Crippen LogP) is 1.01. The molecule has 0 rings (SSSR count). The van der Waals surface area contributed by atoms with Crippen molar-refractivity contribution in [3.05, 3.63) is 0 Å². The van der Waals surface area contributed by atoms with Gasteiger partial charge in [-0.1, -0.05) is 0 Å². The number of halogens is 1. The van der Waals surface area contributed by atoms with Gasteiger partial charge < -0.3 is 9.84 Å². The molecule has 0 aromatic rings. The van der Waals surface area contributed by atoms with Crippen molar-refractivity contribution in [3.8, 4) is 0 Å². The highest BCUT2D eigenvalue weighted by Crippen LogP contribution is 1.84. The normalized spacial score (nSPS) is 8.14. The van der Waals surface area contributed by atoms with Gasteiger partial charge in [-0.15, -0.1) is 0 Å². The highest BCUT2D eigenvalue weighted by molar-refractivity contribution is 14.1. The second kappa shape index (κ2) is 4.13. The van der Waals surface area contributed by atoms with Gasteiger partial charge in [-0.3, -0.25) is 3.07 Å². The van der Waals surface area contributed by atoms with E-state index in [1.165, 1.54) is 23.0 Å². The quantitative estimate of drug-likeness (QED) is 0.426. The first kappa shape index (κ1) is 6.96. The van der Waals surface area contributed by atoms with E-state index < -0.39 is 6.16 Å². The third-order valence-electron chi connectivity index (χ3n) is 0.227. The Labute approximate surface area is 54.1 Å². The maximum absolute atomic E-state index is 9.45. The summed E-state index contributed by atoms with van der Waals surface area (Å²) < 4.78 is 8.10. The molecule has 0 amide bonds. The maximum atomic E-state index is 9.45. The molecule has 0 fully saturated rings. The van der Waals surface area contributed by atoms with Gasteiger partial charge in [-0.25, -0.2) is 4.79 Å². The molecule has 4 nitrogen and oxygen atoms in total. The van der Waals surface area contributed by atoms with Gasteiger partial charge in [0.25, 0.3) is 0 Å². The number of hydrogen-bond donors (Lipinski definition) is 1. The molecule has 0 aliphatic rings. The van der Waals surface area contributed by atoms with E-state index in [1.807, 2.05) is 0 Å². The standard InChI is InChI=1S/C2H3IO4/c3-7-1-6-2(4)5/h1H2,(H,4,5). The van der Waals surface area contributed by atoms with Crippen LogP contribution < -0.4 is 0 Å². The zero-order valence-electron chi connectivity index (χ0n) is 3.26. The molecule has 0 saturated carbocycles. The van der Waals surface area contributed by atoms with E-state index in [-0.39, 0.29) is 6.79 Å². The number of rotatable bonds is 2. The first-order valence-corrected chi connectivity index (χ1v) is 2.24. The van der Waals surface area contributed by atoms with Crippen molar-refractivity contribution < 1.29 is 17.7 Å². The molecular weight excluding hydrogens is 215 g/mol. The van der Waals surface area contributed by atoms with E-state index in [0.29, 0.717) is 0 Å². The Morgan fingerprint density at radius 1 is 1.86 bits per heavy atom. The summed E-state index contributed by atoms with van der Waals surface area (Å²) in [5, 5.41) is 7.74. The lowest BCUT2D eigenvalue weighted by Gasteiger charge is -1.91. The molecule has 0 aromatic carbocycles. The predicted molar refractivity (Wildman–Crippen MR) is 29.1 cm³/mol. The van der Waals surface area contributed by atoms with Gasteiger partial charge in [0.05, 0.1) is 0 Å². The first-order chi connectivity index (χ1) is 3.27. The first-order valence-electron chi connectivity index (χ1n) is 1.36. The zero-order valence-corrected chi connectivity index (χ0v) is 5.41. The van der Waals surface area contributed by atoms with Gasteiger partial charge in [0.15, 0.2) is 0 Å². The van der Waals surface area contributed by atoms with Crippen LogP contribution in [0.25, 0.3) is 0 Å². The molecule has 0 bridgehead atoms. The summed E-state index contributed by atoms with van der Waals surface area (Å²) in [5.41, 5.74) is 0.